The van der Waals surface area contributed by atoms with Crippen LogP contribution in [0.15, 0.2) is 0 Å². The second kappa shape index (κ2) is 4.75. The summed E-state index contributed by atoms with van der Waals surface area (Å²) in [5, 5.41) is 6.13. The molecule has 0 radical (unpaired) electrons. The first kappa shape index (κ1) is 9.93. The van der Waals surface area contributed by atoms with Gasteiger partial charge in [-0.2, -0.15) is 0 Å². The van der Waals surface area contributed by atoms with Gasteiger partial charge in [-0.25, -0.2) is 0 Å². The molecule has 4 heteroatoms. The summed E-state index contributed by atoms with van der Waals surface area (Å²) in [6.45, 7) is 3.60. The van der Waals surface area contributed by atoms with E-state index in [0.717, 1.165) is 32.7 Å². The highest BCUT2D eigenvalue weighted by atomic mass is 16.5. The number of piperidine rings is 1. The zero-order chi connectivity index (χ0) is 9.80. The van der Waals surface area contributed by atoms with Crippen LogP contribution in [-0.4, -0.2) is 38.3 Å². The Morgan fingerprint density at radius 3 is 3.00 bits per heavy atom. The van der Waals surface area contributed by atoms with Gasteiger partial charge in [0.05, 0.1) is 12.7 Å². The van der Waals surface area contributed by atoms with Crippen LogP contribution in [0.1, 0.15) is 19.3 Å². The van der Waals surface area contributed by atoms with E-state index in [1.54, 1.807) is 0 Å². The first-order valence-corrected chi connectivity index (χ1v) is 5.43. The van der Waals surface area contributed by atoms with Gasteiger partial charge >= 0.3 is 0 Å². The summed E-state index contributed by atoms with van der Waals surface area (Å²) < 4.78 is 5.76. The summed E-state index contributed by atoms with van der Waals surface area (Å²) in [5.74, 6) is 0.560. The Balaban J connectivity index is 1.63. The van der Waals surface area contributed by atoms with Crippen LogP contribution in [-0.2, 0) is 9.53 Å². The molecule has 0 aromatic heterocycles. The predicted molar refractivity (Wildman–Crippen MR) is 53.0 cm³/mol. The van der Waals surface area contributed by atoms with Gasteiger partial charge in [-0.3, -0.25) is 4.79 Å². The van der Waals surface area contributed by atoms with Crippen molar-refractivity contribution >= 4 is 5.91 Å². The van der Waals surface area contributed by atoms with Crippen molar-refractivity contribution in [2.75, 3.05) is 26.2 Å². The van der Waals surface area contributed by atoms with Crippen LogP contribution < -0.4 is 10.6 Å². The first-order chi connectivity index (χ1) is 6.84. The predicted octanol–water partition coefficient (Wildman–Crippen LogP) is -0.109. The number of amides is 1. The molecule has 14 heavy (non-hydrogen) atoms. The van der Waals surface area contributed by atoms with Crippen molar-refractivity contribution < 1.29 is 9.53 Å². The van der Waals surface area contributed by atoms with Crippen molar-refractivity contribution in [1.82, 2.24) is 10.6 Å². The maximum absolute atomic E-state index is 10.9. The number of hydrogen-bond acceptors (Lipinski definition) is 3. The van der Waals surface area contributed by atoms with E-state index in [1.807, 2.05) is 0 Å². The summed E-state index contributed by atoms with van der Waals surface area (Å²) in [6.07, 6.45) is 3.35. The highest BCUT2D eigenvalue weighted by molar-refractivity contribution is 5.78. The van der Waals surface area contributed by atoms with Crippen LogP contribution in [0.3, 0.4) is 0 Å². The Kier molecular flexibility index (Phi) is 3.37. The van der Waals surface area contributed by atoms with Crippen LogP contribution in [0.4, 0.5) is 0 Å². The summed E-state index contributed by atoms with van der Waals surface area (Å²) in [4.78, 5) is 10.9. The molecule has 2 rings (SSSR count). The zero-order valence-electron chi connectivity index (χ0n) is 8.42. The average molecular weight is 198 g/mol. The van der Waals surface area contributed by atoms with Gasteiger partial charge in [0.25, 0.3) is 0 Å². The van der Waals surface area contributed by atoms with Crippen molar-refractivity contribution in [2.45, 2.75) is 25.4 Å². The molecule has 2 saturated heterocycles. The minimum absolute atomic E-state index is 0.167. The number of rotatable bonds is 3. The van der Waals surface area contributed by atoms with Crippen molar-refractivity contribution in [3.63, 3.8) is 0 Å². The average Bonchev–Trinajstić information content (AvgIpc) is 2.63. The largest absolute Gasteiger partial charge is 0.377 e. The molecule has 2 N–H and O–H groups in total. The van der Waals surface area contributed by atoms with Crippen LogP contribution in [0.5, 0.6) is 0 Å². The lowest BCUT2D eigenvalue weighted by Gasteiger charge is -2.24. The number of carbonyl (C=O) groups excluding carboxylic acids is 1. The van der Waals surface area contributed by atoms with E-state index in [2.05, 4.69) is 10.6 Å². The lowest BCUT2D eigenvalue weighted by atomic mass is 10.1. The van der Waals surface area contributed by atoms with Crippen molar-refractivity contribution in [3.05, 3.63) is 0 Å². The van der Waals surface area contributed by atoms with Gasteiger partial charge in [-0.05, 0) is 19.4 Å². The van der Waals surface area contributed by atoms with E-state index in [1.165, 1.54) is 6.42 Å². The van der Waals surface area contributed by atoms with Gasteiger partial charge in [0.2, 0.25) is 5.91 Å². The highest BCUT2D eigenvalue weighted by Gasteiger charge is 2.23. The van der Waals surface area contributed by atoms with Crippen LogP contribution in [0.2, 0.25) is 0 Å². The molecule has 2 aliphatic rings. The Labute approximate surface area is 84.4 Å². The molecular weight excluding hydrogens is 180 g/mol. The Morgan fingerprint density at radius 2 is 2.36 bits per heavy atom. The number of nitrogens with one attached hydrogen (secondary N) is 2. The van der Waals surface area contributed by atoms with Gasteiger partial charge in [0.1, 0.15) is 0 Å². The maximum atomic E-state index is 10.9. The quantitative estimate of drug-likeness (QED) is 0.665. The standard InChI is InChI=1S/C10H18N2O2/c13-10-4-8(5-12-10)7-14-9-2-1-3-11-6-9/h8-9,11H,1-7H2,(H,12,13)/t8?,9-/m0/s1. The molecule has 0 aromatic rings. The van der Waals surface area contributed by atoms with E-state index in [0.29, 0.717) is 18.4 Å². The minimum Gasteiger partial charge on any atom is -0.377 e. The lowest BCUT2D eigenvalue weighted by Crippen LogP contribution is -2.36. The maximum Gasteiger partial charge on any atom is 0.220 e. The molecule has 2 aliphatic heterocycles. The Morgan fingerprint density at radius 1 is 1.43 bits per heavy atom. The topological polar surface area (TPSA) is 50.4 Å². The Bertz CT molecular complexity index is 202. The SMILES string of the molecule is O=C1CC(CO[C@H]2CCCNC2)CN1. The van der Waals surface area contributed by atoms with Gasteiger partial charge < -0.3 is 15.4 Å². The fourth-order valence-corrected chi connectivity index (χ4v) is 2.02. The molecule has 0 saturated carbocycles. The number of carbonyl (C=O) groups is 1. The molecule has 2 atom stereocenters. The van der Waals surface area contributed by atoms with Gasteiger partial charge in [0, 0.05) is 25.4 Å². The van der Waals surface area contributed by atoms with Crippen molar-refractivity contribution in [3.8, 4) is 0 Å². The van der Waals surface area contributed by atoms with Crippen LogP contribution in [0.25, 0.3) is 0 Å². The first-order valence-electron chi connectivity index (χ1n) is 5.43. The minimum atomic E-state index is 0.167. The van der Waals surface area contributed by atoms with Crippen molar-refractivity contribution in [2.24, 2.45) is 5.92 Å². The number of ether oxygens (including phenoxy) is 1. The molecule has 1 amide bonds. The molecule has 4 nitrogen and oxygen atoms in total. The summed E-state index contributed by atoms with van der Waals surface area (Å²) in [6, 6.07) is 0. The number of hydrogen-bond donors (Lipinski definition) is 2. The van der Waals surface area contributed by atoms with Crippen molar-refractivity contribution in [1.29, 1.82) is 0 Å². The third kappa shape index (κ3) is 2.69. The van der Waals surface area contributed by atoms with Crippen LogP contribution >= 0.6 is 0 Å². The molecule has 0 spiro atoms. The third-order valence-electron chi connectivity index (χ3n) is 2.88. The molecular formula is C10H18N2O2. The monoisotopic (exact) mass is 198 g/mol. The van der Waals surface area contributed by atoms with Gasteiger partial charge in [-0.15, -0.1) is 0 Å². The summed E-state index contributed by atoms with van der Waals surface area (Å²) in [7, 11) is 0. The summed E-state index contributed by atoms with van der Waals surface area (Å²) in [5.41, 5.74) is 0. The zero-order valence-corrected chi connectivity index (χ0v) is 8.42. The van der Waals surface area contributed by atoms with Gasteiger partial charge in [-0.1, -0.05) is 0 Å². The van der Waals surface area contributed by atoms with E-state index >= 15 is 0 Å². The molecule has 2 heterocycles. The van der Waals surface area contributed by atoms with E-state index in [-0.39, 0.29) is 5.91 Å². The fourth-order valence-electron chi connectivity index (χ4n) is 2.02. The molecule has 0 bridgehead atoms. The Hall–Kier alpha value is -0.610. The lowest BCUT2D eigenvalue weighted by molar-refractivity contribution is -0.119. The summed E-state index contributed by atoms with van der Waals surface area (Å²) >= 11 is 0. The second-order valence-corrected chi connectivity index (χ2v) is 4.18. The van der Waals surface area contributed by atoms with Crippen LogP contribution in [0, 0.1) is 5.92 Å². The molecule has 80 valence electrons. The fraction of sp³-hybridized carbons (Fsp3) is 0.900. The molecule has 0 aliphatic carbocycles. The molecule has 1 unspecified atom stereocenters. The third-order valence-corrected chi connectivity index (χ3v) is 2.88. The van der Waals surface area contributed by atoms with Gasteiger partial charge in [0.15, 0.2) is 0 Å². The van der Waals surface area contributed by atoms with E-state index < -0.39 is 0 Å². The smallest absolute Gasteiger partial charge is 0.220 e. The highest BCUT2D eigenvalue weighted by Crippen LogP contribution is 2.12. The normalized spacial score (nSPS) is 33.0. The second-order valence-electron chi connectivity index (χ2n) is 4.18. The van der Waals surface area contributed by atoms with E-state index in [9.17, 15) is 4.79 Å². The molecule has 2 fully saturated rings. The van der Waals surface area contributed by atoms with E-state index in [4.69, 9.17) is 4.74 Å². The molecule has 0 aromatic carbocycles.